The molecule has 0 bridgehead atoms. The summed E-state index contributed by atoms with van der Waals surface area (Å²) in [6.45, 7) is 0. The maximum absolute atomic E-state index is 12.6. The van der Waals surface area contributed by atoms with Crippen molar-refractivity contribution in [3.05, 3.63) is 38.7 Å². The van der Waals surface area contributed by atoms with Crippen LogP contribution in [0.5, 0.6) is 0 Å². The van der Waals surface area contributed by atoms with Crippen LogP contribution in [0.2, 0.25) is 0 Å². The van der Waals surface area contributed by atoms with E-state index in [1.165, 1.54) is 23.9 Å². The van der Waals surface area contributed by atoms with Gasteiger partial charge in [0.25, 0.3) is 11.5 Å². The normalized spacial score (nSPS) is 15.3. The highest BCUT2D eigenvalue weighted by Gasteiger charge is 2.25. The van der Waals surface area contributed by atoms with Crippen molar-refractivity contribution in [1.82, 2.24) is 19.0 Å². The molecule has 0 unspecified atom stereocenters. The number of nitrogens with zero attached hydrogens (tertiary/aromatic N) is 4. The van der Waals surface area contributed by atoms with Crippen LogP contribution in [0.3, 0.4) is 0 Å². The van der Waals surface area contributed by atoms with E-state index in [4.69, 9.17) is 0 Å². The molecular formula is C16H20N4O3. The van der Waals surface area contributed by atoms with Gasteiger partial charge in [0, 0.05) is 33.4 Å². The third-order valence-electron chi connectivity index (χ3n) is 4.73. The second-order valence-electron chi connectivity index (χ2n) is 6.16. The van der Waals surface area contributed by atoms with Crippen LogP contribution in [-0.2, 0) is 14.1 Å². The maximum atomic E-state index is 12.6. The highest BCUT2D eigenvalue weighted by molar-refractivity contribution is 5.96. The molecule has 1 amide bonds. The van der Waals surface area contributed by atoms with Crippen molar-refractivity contribution in [3.8, 4) is 0 Å². The van der Waals surface area contributed by atoms with Gasteiger partial charge in [-0.05, 0) is 18.9 Å². The third-order valence-corrected chi connectivity index (χ3v) is 4.73. The SMILES string of the molecule is CN(C(=O)c1cnc2c(c1)c(=O)n(C)c(=O)n2C)C1CCCC1. The molecule has 0 saturated heterocycles. The summed E-state index contributed by atoms with van der Waals surface area (Å²) in [5, 5.41) is 0.278. The molecule has 0 aromatic carbocycles. The fraction of sp³-hybridized carbons (Fsp3) is 0.500. The molecule has 7 nitrogen and oxygen atoms in total. The summed E-state index contributed by atoms with van der Waals surface area (Å²) in [5.74, 6) is -0.137. The van der Waals surface area contributed by atoms with Gasteiger partial charge in [-0.25, -0.2) is 9.78 Å². The van der Waals surface area contributed by atoms with Crippen molar-refractivity contribution < 1.29 is 4.79 Å². The Morgan fingerprint density at radius 3 is 2.52 bits per heavy atom. The van der Waals surface area contributed by atoms with Crippen LogP contribution in [0.15, 0.2) is 21.9 Å². The topological polar surface area (TPSA) is 77.2 Å². The van der Waals surface area contributed by atoms with Gasteiger partial charge in [-0.1, -0.05) is 12.8 Å². The molecule has 2 aromatic rings. The predicted octanol–water partition coefficient (Wildman–Crippen LogP) is 0.647. The summed E-state index contributed by atoms with van der Waals surface area (Å²) in [6.07, 6.45) is 5.75. The van der Waals surface area contributed by atoms with Crippen molar-refractivity contribution in [2.45, 2.75) is 31.7 Å². The predicted molar refractivity (Wildman–Crippen MR) is 86.6 cm³/mol. The van der Waals surface area contributed by atoms with Crippen molar-refractivity contribution in [2.24, 2.45) is 14.1 Å². The Morgan fingerprint density at radius 1 is 1.22 bits per heavy atom. The summed E-state index contributed by atoms with van der Waals surface area (Å²) >= 11 is 0. The fourth-order valence-electron chi connectivity index (χ4n) is 3.24. The first-order chi connectivity index (χ1) is 10.9. The van der Waals surface area contributed by atoms with Crippen molar-refractivity contribution >= 4 is 16.9 Å². The van der Waals surface area contributed by atoms with Crippen LogP contribution in [-0.4, -0.2) is 38.0 Å². The first-order valence-corrected chi connectivity index (χ1v) is 7.74. The highest BCUT2D eigenvalue weighted by Crippen LogP contribution is 2.23. The molecule has 7 heteroatoms. The zero-order valence-electron chi connectivity index (χ0n) is 13.6. The minimum Gasteiger partial charge on any atom is -0.339 e. The molecule has 2 heterocycles. The van der Waals surface area contributed by atoms with Gasteiger partial charge in [0.1, 0.15) is 5.65 Å². The lowest BCUT2D eigenvalue weighted by Gasteiger charge is -2.24. The second-order valence-corrected chi connectivity index (χ2v) is 6.16. The van der Waals surface area contributed by atoms with Crippen LogP contribution in [0.25, 0.3) is 11.0 Å². The first kappa shape index (κ1) is 15.5. The van der Waals surface area contributed by atoms with E-state index in [0.29, 0.717) is 5.56 Å². The summed E-state index contributed by atoms with van der Waals surface area (Å²) in [6, 6.07) is 1.79. The first-order valence-electron chi connectivity index (χ1n) is 7.74. The molecule has 1 aliphatic rings. The Labute approximate surface area is 133 Å². The van der Waals surface area contributed by atoms with E-state index in [-0.39, 0.29) is 23.0 Å². The van der Waals surface area contributed by atoms with Gasteiger partial charge in [0.2, 0.25) is 0 Å². The summed E-state index contributed by atoms with van der Waals surface area (Å²) in [7, 11) is 4.77. The van der Waals surface area contributed by atoms with Crippen LogP contribution in [0.4, 0.5) is 0 Å². The average Bonchev–Trinajstić information content (AvgIpc) is 3.10. The van der Waals surface area contributed by atoms with Gasteiger partial charge in [-0.15, -0.1) is 0 Å². The van der Waals surface area contributed by atoms with E-state index in [9.17, 15) is 14.4 Å². The van der Waals surface area contributed by atoms with E-state index in [2.05, 4.69) is 4.98 Å². The summed E-state index contributed by atoms with van der Waals surface area (Å²) < 4.78 is 2.34. The largest absolute Gasteiger partial charge is 0.339 e. The second kappa shape index (κ2) is 5.64. The fourth-order valence-corrected chi connectivity index (χ4v) is 3.24. The quantitative estimate of drug-likeness (QED) is 0.815. The van der Waals surface area contributed by atoms with Crippen molar-refractivity contribution in [1.29, 1.82) is 0 Å². The van der Waals surface area contributed by atoms with Crippen LogP contribution in [0.1, 0.15) is 36.0 Å². The van der Waals surface area contributed by atoms with E-state index >= 15 is 0 Å². The molecule has 0 N–H and O–H groups in total. The van der Waals surface area contributed by atoms with Gasteiger partial charge in [0.05, 0.1) is 10.9 Å². The van der Waals surface area contributed by atoms with Gasteiger partial charge in [0.15, 0.2) is 0 Å². The Morgan fingerprint density at radius 2 is 1.87 bits per heavy atom. The maximum Gasteiger partial charge on any atom is 0.332 e. The number of carbonyl (C=O) groups excluding carboxylic acids is 1. The minimum atomic E-state index is -0.436. The molecular weight excluding hydrogens is 296 g/mol. The standard InChI is InChI=1S/C16H20N4O3/c1-18(11-6-4-5-7-11)14(21)10-8-12-13(17-9-10)19(2)16(23)20(3)15(12)22/h8-9,11H,4-7H2,1-3H3. The summed E-state index contributed by atoms with van der Waals surface area (Å²) in [4.78, 5) is 42.7. The molecule has 2 aromatic heterocycles. The van der Waals surface area contributed by atoms with Crippen LogP contribution >= 0.6 is 0 Å². The van der Waals surface area contributed by atoms with Crippen molar-refractivity contribution in [2.75, 3.05) is 7.05 Å². The number of hydrogen-bond acceptors (Lipinski definition) is 4. The number of aryl methyl sites for hydroxylation is 1. The lowest BCUT2D eigenvalue weighted by atomic mass is 10.1. The molecule has 1 aliphatic carbocycles. The van der Waals surface area contributed by atoms with E-state index < -0.39 is 11.2 Å². The number of hydrogen-bond donors (Lipinski definition) is 0. The molecule has 0 radical (unpaired) electrons. The smallest absolute Gasteiger partial charge is 0.332 e. The third kappa shape index (κ3) is 2.46. The van der Waals surface area contributed by atoms with Gasteiger partial charge in [-0.2, -0.15) is 0 Å². The number of rotatable bonds is 2. The number of amides is 1. The van der Waals surface area contributed by atoms with E-state index in [1.807, 2.05) is 0 Å². The van der Waals surface area contributed by atoms with Gasteiger partial charge in [-0.3, -0.25) is 18.7 Å². The minimum absolute atomic E-state index is 0.137. The molecule has 0 aliphatic heterocycles. The van der Waals surface area contributed by atoms with Crippen LogP contribution < -0.4 is 11.2 Å². The lowest BCUT2D eigenvalue weighted by molar-refractivity contribution is 0.0735. The number of aromatic nitrogens is 3. The molecule has 0 spiro atoms. The monoisotopic (exact) mass is 316 g/mol. The molecule has 1 fully saturated rings. The van der Waals surface area contributed by atoms with Crippen LogP contribution in [0, 0.1) is 0 Å². The Hall–Kier alpha value is -2.44. The highest BCUT2D eigenvalue weighted by atomic mass is 16.2. The molecule has 3 rings (SSSR count). The number of fused-ring (bicyclic) bond motifs is 1. The number of pyridine rings is 1. The molecule has 122 valence electrons. The lowest BCUT2D eigenvalue weighted by Crippen LogP contribution is -2.38. The van der Waals surface area contributed by atoms with E-state index in [1.54, 1.807) is 19.0 Å². The average molecular weight is 316 g/mol. The zero-order chi connectivity index (χ0) is 16.7. The molecule has 23 heavy (non-hydrogen) atoms. The van der Waals surface area contributed by atoms with Gasteiger partial charge < -0.3 is 4.90 Å². The molecule has 1 saturated carbocycles. The molecule has 0 atom stereocenters. The van der Waals surface area contributed by atoms with Gasteiger partial charge >= 0.3 is 5.69 Å². The Kier molecular flexibility index (Phi) is 3.79. The Balaban J connectivity index is 2.08. The van der Waals surface area contributed by atoms with Crippen molar-refractivity contribution in [3.63, 3.8) is 0 Å². The Bertz CT molecular complexity index is 891. The van der Waals surface area contributed by atoms with E-state index in [0.717, 1.165) is 30.3 Å². The zero-order valence-corrected chi connectivity index (χ0v) is 13.6. The number of carbonyl (C=O) groups is 1. The summed E-state index contributed by atoms with van der Waals surface area (Å²) in [5.41, 5.74) is -0.202.